The van der Waals surface area contributed by atoms with E-state index in [1.165, 1.54) is 6.07 Å². The number of halogens is 1. The van der Waals surface area contributed by atoms with Crippen LogP contribution in [0.1, 0.15) is 33.6 Å². The van der Waals surface area contributed by atoms with Gasteiger partial charge in [0.2, 0.25) is 0 Å². The molecule has 1 saturated heterocycles. The molecule has 3 atom stereocenters. The summed E-state index contributed by atoms with van der Waals surface area (Å²) in [5.74, 6) is 0.723. The molecule has 6 nitrogen and oxygen atoms in total. The minimum absolute atomic E-state index is 0.123. The summed E-state index contributed by atoms with van der Waals surface area (Å²) in [6.07, 6.45) is 1.81. The Bertz CT molecular complexity index is 1310. The molecule has 1 aliphatic carbocycles. The third-order valence-electron chi connectivity index (χ3n) is 7.08. The van der Waals surface area contributed by atoms with Crippen molar-refractivity contribution in [3.8, 4) is 22.6 Å². The Labute approximate surface area is 202 Å². The van der Waals surface area contributed by atoms with Crippen LogP contribution in [0.4, 0.5) is 4.39 Å². The maximum atomic E-state index is 14.6. The van der Waals surface area contributed by atoms with E-state index in [1.54, 1.807) is 54.6 Å². The normalized spacial score (nSPS) is 21.9. The molecule has 2 amide bonds. The average molecular weight is 473 g/mol. The fourth-order valence-corrected chi connectivity index (χ4v) is 5.34. The fourth-order valence-electron chi connectivity index (χ4n) is 5.34. The lowest BCUT2D eigenvalue weighted by atomic mass is 9.98. The van der Waals surface area contributed by atoms with E-state index >= 15 is 0 Å². The summed E-state index contributed by atoms with van der Waals surface area (Å²) in [4.78, 5) is 28.7. The molecule has 3 aromatic rings. The zero-order valence-corrected chi connectivity index (χ0v) is 19.1. The van der Waals surface area contributed by atoms with Gasteiger partial charge in [-0.05, 0) is 48.6 Å². The summed E-state index contributed by atoms with van der Waals surface area (Å²) in [6, 6.07) is 18.9. The van der Waals surface area contributed by atoms with Crippen molar-refractivity contribution >= 4 is 11.8 Å². The molecular formula is C28H25FN2O4. The van der Waals surface area contributed by atoms with E-state index in [0.717, 1.165) is 12.8 Å². The highest BCUT2D eigenvalue weighted by Gasteiger charge is 2.54. The Balaban J connectivity index is 1.22. The van der Waals surface area contributed by atoms with Crippen LogP contribution in [0.25, 0.3) is 11.1 Å². The molecule has 178 valence electrons. The van der Waals surface area contributed by atoms with Gasteiger partial charge in [0.25, 0.3) is 11.8 Å². The van der Waals surface area contributed by atoms with E-state index in [0.29, 0.717) is 59.4 Å². The minimum atomic E-state index is -0.361. The SMILES string of the molecule is O=C(NC[C@@H]1C[C@@H]2C[C@@H]2N1C(=O)c1ccccc1-c1ccccc1F)c1cccc2c1OCCO2. The highest BCUT2D eigenvalue weighted by atomic mass is 19.1. The predicted octanol–water partition coefficient (Wildman–Crippen LogP) is 4.30. The van der Waals surface area contributed by atoms with Crippen LogP contribution in [0.3, 0.4) is 0 Å². The van der Waals surface area contributed by atoms with Crippen molar-refractivity contribution in [2.45, 2.75) is 24.9 Å². The maximum Gasteiger partial charge on any atom is 0.255 e. The molecule has 0 radical (unpaired) electrons. The van der Waals surface area contributed by atoms with Crippen molar-refractivity contribution in [3.05, 3.63) is 83.7 Å². The lowest BCUT2D eigenvalue weighted by Crippen LogP contribution is -2.45. The summed E-state index contributed by atoms with van der Waals surface area (Å²) < 4.78 is 25.8. The summed E-state index contributed by atoms with van der Waals surface area (Å²) in [5, 5.41) is 3.00. The van der Waals surface area contributed by atoms with Crippen LogP contribution in [0.2, 0.25) is 0 Å². The Morgan fingerprint density at radius 2 is 1.63 bits per heavy atom. The van der Waals surface area contributed by atoms with Crippen molar-refractivity contribution in [3.63, 3.8) is 0 Å². The Morgan fingerprint density at radius 1 is 0.886 bits per heavy atom. The summed E-state index contributed by atoms with van der Waals surface area (Å²) in [5.41, 5.74) is 1.89. The van der Waals surface area contributed by atoms with Crippen LogP contribution in [-0.4, -0.2) is 48.6 Å². The Kier molecular flexibility index (Phi) is 5.40. The number of fused-ring (bicyclic) bond motifs is 2. The number of para-hydroxylation sites is 1. The second kappa shape index (κ2) is 8.73. The van der Waals surface area contributed by atoms with Gasteiger partial charge in [0, 0.05) is 23.7 Å². The molecule has 0 unspecified atom stereocenters. The molecular weight excluding hydrogens is 447 g/mol. The quantitative estimate of drug-likeness (QED) is 0.602. The van der Waals surface area contributed by atoms with Gasteiger partial charge in [-0.25, -0.2) is 4.39 Å². The third kappa shape index (κ3) is 3.91. The number of carbonyl (C=O) groups excluding carboxylic acids is 2. The van der Waals surface area contributed by atoms with Gasteiger partial charge in [-0.3, -0.25) is 9.59 Å². The highest BCUT2D eigenvalue weighted by molar-refractivity contribution is 6.02. The number of amides is 2. The topological polar surface area (TPSA) is 67.9 Å². The second-order valence-corrected chi connectivity index (χ2v) is 9.23. The first kappa shape index (κ1) is 21.6. The number of nitrogens with one attached hydrogen (secondary N) is 1. The number of ether oxygens (including phenoxy) is 2. The van der Waals surface area contributed by atoms with E-state index in [1.807, 2.05) is 11.0 Å². The van der Waals surface area contributed by atoms with Gasteiger partial charge in [-0.1, -0.05) is 42.5 Å². The standard InChI is InChI=1S/C28H25FN2O4/c29-23-10-4-3-7-20(23)19-6-1-2-8-21(19)28(33)31-18(14-17-15-24(17)31)16-30-27(32)22-9-5-11-25-26(22)35-13-12-34-25/h1-11,17-18,24H,12-16H2,(H,30,32)/t17-,18+,24+/m1/s1. The van der Waals surface area contributed by atoms with Gasteiger partial charge >= 0.3 is 0 Å². The summed E-state index contributed by atoms with van der Waals surface area (Å²) in [7, 11) is 0. The fraction of sp³-hybridized carbons (Fsp3) is 0.286. The van der Waals surface area contributed by atoms with Crippen molar-refractivity contribution in [1.82, 2.24) is 10.2 Å². The average Bonchev–Trinajstić information content (AvgIpc) is 3.56. The second-order valence-electron chi connectivity index (χ2n) is 9.23. The smallest absolute Gasteiger partial charge is 0.255 e. The van der Waals surface area contributed by atoms with Crippen LogP contribution in [-0.2, 0) is 0 Å². The molecule has 1 saturated carbocycles. The van der Waals surface area contributed by atoms with Gasteiger partial charge in [0.05, 0.1) is 11.6 Å². The van der Waals surface area contributed by atoms with Crippen molar-refractivity contribution in [2.75, 3.05) is 19.8 Å². The molecule has 0 bridgehead atoms. The third-order valence-corrected chi connectivity index (χ3v) is 7.08. The highest BCUT2D eigenvalue weighted by Crippen LogP contribution is 2.48. The number of hydrogen-bond acceptors (Lipinski definition) is 4. The first-order chi connectivity index (χ1) is 17.1. The van der Waals surface area contributed by atoms with Gasteiger partial charge in [0.1, 0.15) is 19.0 Å². The largest absolute Gasteiger partial charge is 0.486 e. The monoisotopic (exact) mass is 472 g/mol. The van der Waals surface area contributed by atoms with Gasteiger partial charge in [-0.15, -0.1) is 0 Å². The molecule has 3 aliphatic rings. The molecule has 2 fully saturated rings. The van der Waals surface area contributed by atoms with E-state index in [2.05, 4.69) is 5.32 Å². The molecule has 2 heterocycles. The summed E-state index contributed by atoms with van der Waals surface area (Å²) >= 11 is 0. The number of benzene rings is 3. The number of likely N-dealkylation sites (tertiary alicyclic amines) is 1. The van der Waals surface area contributed by atoms with E-state index < -0.39 is 0 Å². The van der Waals surface area contributed by atoms with E-state index in [9.17, 15) is 14.0 Å². The first-order valence-corrected chi connectivity index (χ1v) is 11.9. The lowest BCUT2D eigenvalue weighted by Gasteiger charge is -2.29. The molecule has 0 spiro atoms. The molecule has 1 N–H and O–H groups in total. The molecule has 35 heavy (non-hydrogen) atoms. The van der Waals surface area contributed by atoms with E-state index in [-0.39, 0.29) is 29.7 Å². The van der Waals surface area contributed by atoms with E-state index in [4.69, 9.17) is 9.47 Å². The number of rotatable bonds is 5. The van der Waals surface area contributed by atoms with Crippen LogP contribution in [0.5, 0.6) is 11.5 Å². The number of carbonyl (C=O) groups is 2. The Hall–Kier alpha value is -3.87. The van der Waals surface area contributed by atoms with Gasteiger partial charge in [-0.2, -0.15) is 0 Å². The Morgan fingerprint density at radius 3 is 2.49 bits per heavy atom. The number of piperidine rings is 1. The lowest BCUT2D eigenvalue weighted by molar-refractivity contribution is 0.0689. The number of hydrogen-bond donors (Lipinski definition) is 1. The van der Waals surface area contributed by atoms with Crippen molar-refractivity contribution < 1.29 is 23.5 Å². The van der Waals surface area contributed by atoms with Crippen molar-refractivity contribution in [1.29, 1.82) is 0 Å². The van der Waals surface area contributed by atoms with Gasteiger partial charge < -0.3 is 19.7 Å². The van der Waals surface area contributed by atoms with Crippen LogP contribution in [0, 0.1) is 11.7 Å². The number of nitrogens with zero attached hydrogens (tertiary/aromatic N) is 1. The molecule has 6 rings (SSSR count). The van der Waals surface area contributed by atoms with Crippen LogP contribution >= 0.6 is 0 Å². The molecule has 2 aliphatic heterocycles. The molecule has 7 heteroatoms. The molecule has 3 aromatic carbocycles. The van der Waals surface area contributed by atoms with Crippen LogP contribution < -0.4 is 14.8 Å². The van der Waals surface area contributed by atoms with Gasteiger partial charge in [0.15, 0.2) is 11.5 Å². The predicted molar refractivity (Wildman–Crippen MR) is 128 cm³/mol. The zero-order chi connectivity index (χ0) is 23.9. The maximum absolute atomic E-state index is 14.6. The first-order valence-electron chi connectivity index (χ1n) is 11.9. The van der Waals surface area contributed by atoms with Crippen molar-refractivity contribution in [2.24, 2.45) is 5.92 Å². The molecule has 0 aromatic heterocycles. The van der Waals surface area contributed by atoms with Crippen LogP contribution in [0.15, 0.2) is 66.7 Å². The minimum Gasteiger partial charge on any atom is -0.486 e. The summed E-state index contributed by atoms with van der Waals surface area (Å²) in [6.45, 7) is 1.19. The zero-order valence-electron chi connectivity index (χ0n) is 19.1.